The number of fused-ring (bicyclic) bond motifs is 1. The molecule has 2 atom stereocenters. The van der Waals surface area contributed by atoms with Crippen LogP contribution in [0.5, 0.6) is 0 Å². The summed E-state index contributed by atoms with van der Waals surface area (Å²) in [6.07, 6.45) is 5.72. The van der Waals surface area contributed by atoms with Crippen LogP contribution in [0.2, 0.25) is 0 Å². The summed E-state index contributed by atoms with van der Waals surface area (Å²) in [5, 5.41) is 12.4. The van der Waals surface area contributed by atoms with Gasteiger partial charge in [-0.25, -0.2) is 0 Å². The maximum absolute atomic E-state index is 12.7. The van der Waals surface area contributed by atoms with E-state index in [1.807, 2.05) is 29.2 Å². The van der Waals surface area contributed by atoms with E-state index in [2.05, 4.69) is 10.2 Å². The molecule has 152 valence electrons. The molecule has 2 unspecified atom stereocenters. The Balaban J connectivity index is 1.31. The summed E-state index contributed by atoms with van der Waals surface area (Å²) in [6.45, 7) is 4.04. The number of rotatable bonds is 5. The number of hydrogen-bond acceptors (Lipinski definition) is 4. The van der Waals surface area contributed by atoms with E-state index < -0.39 is 0 Å². The van der Waals surface area contributed by atoms with Gasteiger partial charge in [0.2, 0.25) is 5.91 Å². The fourth-order valence-electron chi connectivity index (χ4n) is 4.87. The van der Waals surface area contributed by atoms with Crippen molar-refractivity contribution >= 4 is 11.8 Å². The molecule has 0 saturated carbocycles. The van der Waals surface area contributed by atoms with Gasteiger partial charge >= 0.3 is 0 Å². The molecule has 3 aliphatic rings. The summed E-state index contributed by atoms with van der Waals surface area (Å²) in [4.78, 5) is 29.2. The standard InChI is InChI=1S/C22H31N3O3/c26-15-17-8-11-24(12-9-17)14-16-4-6-18(7-5-16)22(28)23-19-13-21(27)25-10-2-1-3-20(19)25/h4-7,17,19-20,26H,1-3,8-15H2,(H,23,28). The van der Waals surface area contributed by atoms with Gasteiger partial charge in [0, 0.05) is 31.7 Å². The Bertz CT molecular complexity index is 697. The highest BCUT2D eigenvalue weighted by atomic mass is 16.3. The molecule has 6 heteroatoms. The van der Waals surface area contributed by atoms with Crippen LogP contribution in [-0.2, 0) is 11.3 Å². The van der Waals surface area contributed by atoms with Crippen LogP contribution >= 0.6 is 0 Å². The number of aliphatic hydroxyl groups is 1. The second-order valence-electron chi connectivity index (χ2n) is 8.53. The summed E-state index contributed by atoms with van der Waals surface area (Å²) in [6, 6.07) is 7.94. The summed E-state index contributed by atoms with van der Waals surface area (Å²) in [5.74, 6) is 0.542. The summed E-state index contributed by atoms with van der Waals surface area (Å²) >= 11 is 0. The first-order valence-corrected chi connectivity index (χ1v) is 10.7. The molecule has 0 spiro atoms. The number of carbonyl (C=O) groups is 2. The van der Waals surface area contributed by atoms with Gasteiger partial charge in [0.05, 0.1) is 12.1 Å². The van der Waals surface area contributed by atoms with Gasteiger partial charge in [-0.1, -0.05) is 12.1 Å². The van der Waals surface area contributed by atoms with Crippen molar-refractivity contribution in [2.45, 2.75) is 57.2 Å². The van der Waals surface area contributed by atoms with E-state index in [9.17, 15) is 14.7 Å². The van der Waals surface area contributed by atoms with E-state index in [0.29, 0.717) is 24.5 Å². The lowest BCUT2D eigenvalue weighted by atomic mass is 9.97. The van der Waals surface area contributed by atoms with Crippen molar-refractivity contribution < 1.29 is 14.7 Å². The fourth-order valence-corrected chi connectivity index (χ4v) is 4.87. The Labute approximate surface area is 166 Å². The number of benzene rings is 1. The number of nitrogens with zero attached hydrogens (tertiary/aromatic N) is 2. The molecule has 3 fully saturated rings. The predicted molar refractivity (Wildman–Crippen MR) is 107 cm³/mol. The van der Waals surface area contributed by atoms with E-state index >= 15 is 0 Å². The van der Waals surface area contributed by atoms with Crippen molar-refractivity contribution in [2.24, 2.45) is 5.92 Å². The van der Waals surface area contributed by atoms with Crippen molar-refractivity contribution in [3.63, 3.8) is 0 Å². The molecule has 0 bridgehead atoms. The van der Waals surface area contributed by atoms with Crippen molar-refractivity contribution in [1.29, 1.82) is 0 Å². The first-order chi connectivity index (χ1) is 13.6. The zero-order valence-corrected chi connectivity index (χ0v) is 16.5. The molecule has 0 aliphatic carbocycles. The largest absolute Gasteiger partial charge is 0.396 e. The van der Waals surface area contributed by atoms with Gasteiger partial charge in [-0.05, 0) is 68.8 Å². The van der Waals surface area contributed by atoms with Crippen LogP contribution in [0.25, 0.3) is 0 Å². The normalized spacial score (nSPS) is 26.3. The smallest absolute Gasteiger partial charge is 0.251 e. The zero-order chi connectivity index (χ0) is 19.5. The number of likely N-dealkylation sites (tertiary alicyclic amines) is 1. The van der Waals surface area contributed by atoms with Gasteiger partial charge in [-0.2, -0.15) is 0 Å². The van der Waals surface area contributed by atoms with E-state index in [-0.39, 0.29) is 23.9 Å². The van der Waals surface area contributed by atoms with Gasteiger partial charge < -0.3 is 15.3 Å². The lowest BCUT2D eigenvalue weighted by molar-refractivity contribution is -0.129. The monoisotopic (exact) mass is 385 g/mol. The third kappa shape index (κ3) is 4.23. The SMILES string of the molecule is O=C(NC1CC(=O)N2CCCCC12)c1ccc(CN2CCC(CO)CC2)cc1. The Morgan fingerprint density at radius 2 is 1.82 bits per heavy atom. The van der Waals surface area contributed by atoms with Crippen LogP contribution in [0, 0.1) is 5.92 Å². The second-order valence-corrected chi connectivity index (χ2v) is 8.53. The summed E-state index contributed by atoms with van der Waals surface area (Å²) in [7, 11) is 0. The number of amides is 2. The number of carbonyl (C=O) groups excluding carboxylic acids is 2. The fraction of sp³-hybridized carbons (Fsp3) is 0.636. The zero-order valence-electron chi connectivity index (χ0n) is 16.5. The molecule has 3 heterocycles. The minimum absolute atomic E-state index is 0.0622. The third-order valence-electron chi connectivity index (χ3n) is 6.63. The molecule has 3 saturated heterocycles. The lowest BCUT2D eigenvalue weighted by Crippen LogP contribution is -2.47. The van der Waals surface area contributed by atoms with Gasteiger partial charge in [0.25, 0.3) is 5.91 Å². The first kappa shape index (κ1) is 19.4. The quantitative estimate of drug-likeness (QED) is 0.810. The van der Waals surface area contributed by atoms with Crippen molar-refractivity contribution in [3.8, 4) is 0 Å². The third-order valence-corrected chi connectivity index (χ3v) is 6.63. The van der Waals surface area contributed by atoms with Crippen molar-refractivity contribution in [3.05, 3.63) is 35.4 Å². The number of piperidine rings is 2. The average molecular weight is 386 g/mol. The molecule has 28 heavy (non-hydrogen) atoms. The number of nitrogens with one attached hydrogen (secondary N) is 1. The molecular formula is C22H31N3O3. The molecule has 0 radical (unpaired) electrons. The van der Waals surface area contributed by atoms with Gasteiger partial charge in [0.15, 0.2) is 0 Å². The van der Waals surface area contributed by atoms with Crippen LogP contribution in [0.3, 0.4) is 0 Å². The second kappa shape index (κ2) is 8.62. The molecule has 1 aromatic carbocycles. The van der Waals surface area contributed by atoms with Crippen LogP contribution in [0.4, 0.5) is 0 Å². The molecule has 1 aromatic rings. The van der Waals surface area contributed by atoms with E-state index in [1.54, 1.807) is 0 Å². The topological polar surface area (TPSA) is 72.9 Å². The molecule has 4 rings (SSSR count). The highest BCUT2D eigenvalue weighted by Crippen LogP contribution is 2.28. The number of aliphatic hydroxyl groups excluding tert-OH is 1. The maximum Gasteiger partial charge on any atom is 0.251 e. The highest BCUT2D eigenvalue weighted by molar-refractivity contribution is 5.95. The number of hydrogen-bond donors (Lipinski definition) is 2. The maximum atomic E-state index is 12.7. The Morgan fingerprint density at radius 3 is 2.54 bits per heavy atom. The summed E-state index contributed by atoms with van der Waals surface area (Å²) in [5.41, 5.74) is 1.86. The van der Waals surface area contributed by atoms with Gasteiger partial charge in [-0.3, -0.25) is 14.5 Å². The average Bonchev–Trinajstić information content (AvgIpc) is 3.05. The molecule has 0 aromatic heterocycles. The van der Waals surface area contributed by atoms with E-state index in [4.69, 9.17) is 0 Å². The molecule has 6 nitrogen and oxygen atoms in total. The Morgan fingerprint density at radius 1 is 1.07 bits per heavy atom. The molecular weight excluding hydrogens is 354 g/mol. The van der Waals surface area contributed by atoms with Crippen LogP contribution in [0.1, 0.15) is 54.4 Å². The first-order valence-electron chi connectivity index (χ1n) is 10.7. The molecule has 2 N–H and O–H groups in total. The van der Waals surface area contributed by atoms with Crippen LogP contribution < -0.4 is 5.32 Å². The minimum Gasteiger partial charge on any atom is -0.396 e. The van der Waals surface area contributed by atoms with Crippen molar-refractivity contribution in [2.75, 3.05) is 26.2 Å². The highest BCUT2D eigenvalue weighted by Gasteiger charge is 2.41. The Hall–Kier alpha value is -1.92. The Kier molecular flexibility index (Phi) is 5.97. The van der Waals surface area contributed by atoms with Crippen LogP contribution in [-0.4, -0.2) is 65.0 Å². The van der Waals surface area contributed by atoms with E-state index in [0.717, 1.165) is 58.3 Å². The summed E-state index contributed by atoms with van der Waals surface area (Å²) < 4.78 is 0. The van der Waals surface area contributed by atoms with Gasteiger partial charge in [0.1, 0.15) is 0 Å². The van der Waals surface area contributed by atoms with Crippen LogP contribution in [0.15, 0.2) is 24.3 Å². The van der Waals surface area contributed by atoms with Crippen molar-refractivity contribution in [1.82, 2.24) is 15.1 Å². The van der Waals surface area contributed by atoms with Gasteiger partial charge in [-0.15, -0.1) is 0 Å². The minimum atomic E-state index is -0.0828. The lowest BCUT2D eigenvalue weighted by Gasteiger charge is -2.32. The molecule has 3 aliphatic heterocycles. The molecule has 2 amide bonds. The predicted octanol–water partition coefficient (Wildman–Crippen LogP) is 1.77. The van der Waals surface area contributed by atoms with E-state index in [1.165, 1.54) is 5.56 Å².